The predicted molar refractivity (Wildman–Crippen MR) is 75.3 cm³/mol. The van der Waals surface area contributed by atoms with Gasteiger partial charge in [0.2, 0.25) is 0 Å². The van der Waals surface area contributed by atoms with Crippen LogP contribution in [0.25, 0.3) is 21.9 Å². The Balaban J connectivity index is 2.38. The molecule has 0 saturated heterocycles. The topological polar surface area (TPSA) is 20.2 Å². The molecule has 3 aromatic rings. The van der Waals surface area contributed by atoms with Gasteiger partial charge in [-0.15, -0.1) is 0 Å². The average Bonchev–Trinajstić information content (AvgIpc) is 2.47. The summed E-state index contributed by atoms with van der Waals surface area (Å²) in [5, 5.41) is 11.9. The highest BCUT2D eigenvalue weighted by atomic mass is 16.3. The first-order valence-corrected chi connectivity index (χ1v) is 6.07. The lowest BCUT2D eigenvalue weighted by atomic mass is 9.94. The van der Waals surface area contributed by atoms with Crippen LogP contribution in [-0.4, -0.2) is 5.11 Å². The van der Waals surface area contributed by atoms with E-state index in [2.05, 4.69) is 30.3 Å². The van der Waals surface area contributed by atoms with E-state index in [4.69, 9.17) is 0 Å². The lowest BCUT2D eigenvalue weighted by Gasteiger charge is -2.11. The van der Waals surface area contributed by atoms with Crippen molar-refractivity contribution >= 4 is 10.8 Å². The summed E-state index contributed by atoms with van der Waals surface area (Å²) in [6, 6.07) is 22.6. The number of hydrogen-bond donors (Lipinski definition) is 1. The minimum absolute atomic E-state index is 0.0645. The molecular formula is C17H14O. The Kier molecular flexibility index (Phi) is 2.83. The summed E-state index contributed by atoms with van der Waals surface area (Å²) in [5.74, 6) is 0. The summed E-state index contributed by atoms with van der Waals surface area (Å²) < 4.78 is 0. The summed E-state index contributed by atoms with van der Waals surface area (Å²) in [4.78, 5) is 0. The Labute approximate surface area is 106 Å². The molecule has 0 unspecified atom stereocenters. The SMILES string of the molecule is OCc1ccc2ccccc2c1-c1ccccc1. The van der Waals surface area contributed by atoms with Crippen molar-refractivity contribution in [1.82, 2.24) is 0 Å². The second-order valence-corrected chi connectivity index (χ2v) is 4.34. The third-order valence-corrected chi connectivity index (χ3v) is 3.25. The molecule has 0 spiro atoms. The van der Waals surface area contributed by atoms with Crippen LogP contribution in [0.4, 0.5) is 0 Å². The number of fused-ring (bicyclic) bond motifs is 1. The first kappa shape index (κ1) is 11.0. The second-order valence-electron chi connectivity index (χ2n) is 4.34. The molecule has 1 N–H and O–H groups in total. The maximum atomic E-state index is 9.54. The smallest absolute Gasteiger partial charge is 0.0688 e. The summed E-state index contributed by atoms with van der Waals surface area (Å²) >= 11 is 0. The first-order valence-electron chi connectivity index (χ1n) is 6.07. The summed E-state index contributed by atoms with van der Waals surface area (Å²) in [7, 11) is 0. The number of aliphatic hydroxyl groups is 1. The predicted octanol–water partition coefficient (Wildman–Crippen LogP) is 4.00. The van der Waals surface area contributed by atoms with Crippen LogP contribution in [0, 0.1) is 0 Å². The highest BCUT2D eigenvalue weighted by molar-refractivity contribution is 5.98. The molecule has 18 heavy (non-hydrogen) atoms. The molecule has 3 rings (SSSR count). The largest absolute Gasteiger partial charge is 0.392 e. The van der Waals surface area contributed by atoms with E-state index in [0.717, 1.165) is 16.7 Å². The van der Waals surface area contributed by atoms with Gasteiger partial charge in [-0.25, -0.2) is 0 Å². The molecule has 3 aromatic carbocycles. The second kappa shape index (κ2) is 4.63. The van der Waals surface area contributed by atoms with E-state index in [9.17, 15) is 5.11 Å². The van der Waals surface area contributed by atoms with Crippen LogP contribution in [-0.2, 0) is 6.61 Å². The highest BCUT2D eigenvalue weighted by Gasteiger charge is 2.08. The molecule has 88 valence electrons. The number of hydrogen-bond acceptors (Lipinski definition) is 1. The van der Waals surface area contributed by atoms with Gasteiger partial charge in [0, 0.05) is 0 Å². The standard InChI is InChI=1S/C17H14O/c18-12-15-11-10-13-6-4-5-9-16(13)17(15)14-7-2-1-3-8-14/h1-11,18H,12H2. The molecular weight excluding hydrogens is 220 g/mol. The lowest BCUT2D eigenvalue weighted by Crippen LogP contribution is -1.91. The van der Waals surface area contributed by atoms with Gasteiger partial charge in [-0.2, -0.15) is 0 Å². The fraction of sp³-hybridized carbons (Fsp3) is 0.0588. The molecule has 0 aromatic heterocycles. The summed E-state index contributed by atoms with van der Waals surface area (Å²) in [5.41, 5.74) is 3.26. The molecule has 1 heteroatoms. The monoisotopic (exact) mass is 234 g/mol. The van der Waals surface area contributed by atoms with Crippen LogP contribution in [0.2, 0.25) is 0 Å². The van der Waals surface area contributed by atoms with Gasteiger partial charge < -0.3 is 5.11 Å². The van der Waals surface area contributed by atoms with Crippen molar-refractivity contribution in [2.45, 2.75) is 6.61 Å². The van der Waals surface area contributed by atoms with E-state index < -0.39 is 0 Å². The van der Waals surface area contributed by atoms with E-state index in [1.165, 1.54) is 10.8 Å². The van der Waals surface area contributed by atoms with E-state index in [1.54, 1.807) is 0 Å². The number of benzene rings is 3. The normalized spacial score (nSPS) is 10.7. The zero-order valence-electron chi connectivity index (χ0n) is 10.0. The number of rotatable bonds is 2. The van der Waals surface area contributed by atoms with Crippen molar-refractivity contribution < 1.29 is 5.11 Å². The van der Waals surface area contributed by atoms with Crippen molar-refractivity contribution in [3.8, 4) is 11.1 Å². The van der Waals surface area contributed by atoms with Crippen LogP contribution in [0.1, 0.15) is 5.56 Å². The Morgan fingerprint density at radius 2 is 1.44 bits per heavy atom. The number of aliphatic hydroxyl groups excluding tert-OH is 1. The van der Waals surface area contributed by atoms with Crippen LogP contribution < -0.4 is 0 Å². The van der Waals surface area contributed by atoms with Gasteiger partial charge in [-0.3, -0.25) is 0 Å². The fourth-order valence-electron chi connectivity index (χ4n) is 2.39. The zero-order chi connectivity index (χ0) is 12.4. The van der Waals surface area contributed by atoms with E-state index >= 15 is 0 Å². The third-order valence-electron chi connectivity index (χ3n) is 3.25. The lowest BCUT2D eigenvalue weighted by molar-refractivity contribution is 0.282. The van der Waals surface area contributed by atoms with Gasteiger partial charge >= 0.3 is 0 Å². The Bertz CT molecular complexity index is 672. The molecule has 0 heterocycles. The highest BCUT2D eigenvalue weighted by Crippen LogP contribution is 2.32. The van der Waals surface area contributed by atoms with Crippen molar-refractivity contribution in [3.63, 3.8) is 0 Å². The minimum atomic E-state index is 0.0645. The molecule has 0 amide bonds. The molecule has 0 aliphatic carbocycles. The molecule has 0 radical (unpaired) electrons. The van der Waals surface area contributed by atoms with Gasteiger partial charge in [0.25, 0.3) is 0 Å². The minimum Gasteiger partial charge on any atom is -0.392 e. The van der Waals surface area contributed by atoms with Crippen molar-refractivity contribution in [3.05, 3.63) is 72.3 Å². The zero-order valence-corrected chi connectivity index (χ0v) is 10.0. The van der Waals surface area contributed by atoms with E-state index in [0.29, 0.717) is 0 Å². The Morgan fingerprint density at radius 3 is 2.22 bits per heavy atom. The maximum absolute atomic E-state index is 9.54. The fourth-order valence-corrected chi connectivity index (χ4v) is 2.39. The Morgan fingerprint density at radius 1 is 0.722 bits per heavy atom. The molecule has 0 aliphatic heterocycles. The van der Waals surface area contributed by atoms with Crippen molar-refractivity contribution in [1.29, 1.82) is 0 Å². The van der Waals surface area contributed by atoms with Crippen molar-refractivity contribution in [2.75, 3.05) is 0 Å². The van der Waals surface area contributed by atoms with E-state index in [-0.39, 0.29) is 6.61 Å². The van der Waals surface area contributed by atoms with Crippen LogP contribution in [0.3, 0.4) is 0 Å². The quantitative estimate of drug-likeness (QED) is 0.710. The van der Waals surface area contributed by atoms with Gasteiger partial charge in [0.15, 0.2) is 0 Å². The Hall–Kier alpha value is -2.12. The molecule has 0 aliphatic rings. The molecule has 0 saturated carbocycles. The molecule has 1 nitrogen and oxygen atoms in total. The van der Waals surface area contributed by atoms with Gasteiger partial charge in [-0.1, -0.05) is 66.7 Å². The summed E-state index contributed by atoms with van der Waals surface area (Å²) in [6.45, 7) is 0.0645. The summed E-state index contributed by atoms with van der Waals surface area (Å²) in [6.07, 6.45) is 0. The first-order chi connectivity index (χ1) is 8.90. The molecule has 0 bridgehead atoms. The van der Waals surface area contributed by atoms with Gasteiger partial charge in [0.05, 0.1) is 6.61 Å². The molecule has 0 fully saturated rings. The van der Waals surface area contributed by atoms with Crippen LogP contribution >= 0.6 is 0 Å². The third kappa shape index (κ3) is 1.79. The average molecular weight is 234 g/mol. The van der Waals surface area contributed by atoms with Crippen LogP contribution in [0.5, 0.6) is 0 Å². The maximum Gasteiger partial charge on any atom is 0.0688 e. The van der Waals surface area contributed by atoms with Crippen molar-refractivity contribution in [2.24, 2.45) is 0 Å². The van der Waals surface area contributed by atoms with E-state index in [1.807, 2.05) is 36.4 Å². The van der Waals surface area contributed by atoms with Gasteiger partial charge in [0.1, 0.15) is 0 Å². The molecule has 0 atom stereocenters. The van der Waals surface area contributed by atoms with Gasteiger partial charge in [-0.05, 0) is 27.5 Å². The van der Waals surface area contributed by atoms with Crippen LogP contribution in [0.15, 0.2) is 66.7 Å².